The van der Waals surface area contributed by atoms with Gasteiger partial charge in [0.1, 0.15) is 0 Å². The van der Waals surface area contributed by atoms with Crippen molar-refractivity contribution in [2.45, 2.75) is 12.8 Å². The van der Waals surface area contributed by atoms with Crippen LogP contribution < -0.4 is 4.74 Å². The van der Waals surface area contributed by atoms with Crippen molar-refractivity contribution in [3.63, 3.8) is 0 Å². The molecule has 82 valence electrons. The molecule has 4 heteroatoms. The first-order valence-corrected chi connectivity index (χ1v) is 4.52. The lowest BCUT2D eigenvalue weighted by atomic mass is 10.00. The molecule has 1 unspecified atom stereocenters. The molecular weight excluding hydrogens is 199 g/mol. The molecule has 1 aromatic rings. The van der Waals surface area contributed by atoms with E-state index in [2.05, 4.69) is 4.74 Å². The van der Waals surface area contributed by atoms with Gasteiger partial charge in [-0.15, -0.1) is 0 Å². The van der Waals surface area contributed by atoms with Crippen molar-refractivity contribution in [3.05, 3.63) is 29.6 Å². The Kier molecular flexibility index (Phi) is 3.66. The van der Waals surface area contributed by atoms with Crippen LogP contribution in [0, 0.1) is 5.82 Å². The van der Waals surface area contributed by atoms with Crippen molar-refractivity contribution in [1.29, 1.82) is 0 Å². The lowest BCUT2D eigenvalue weighted by Gasteiger charge is -2.13. The molecule has 0 aromatic heterocycles. The smallest absolute Gasteiger partial charge is 0.312 e. The van der Waals surface area contributed by atoms with Gasteiger partial charge in [-0.05, 0) is 13.0 Å². The minimum absolute atomic E-state index is 0.0930. The quantitative estimate of drug-likeness (QED) is 0.720. The second kappa shape index (κ2) is 4.77. The molecule has 0 saturated carbocycles. The fraction of sp³-hybridized carbons (Fsp3) is 0.364. The number of carbonyl (C=O) groups excluding carboxylic acids is 1. The van der Waals surface area contributed by atoms with Gasteiger partial charge in [0, 0.05) is 5.56 Å². The number of carbonyl (C=O) groups is 1. The fourth-order valence-corrected chi connectivity index (χ4v) is 1.39. The first-order valence-electron chi connectivity index (χ1n) is 4.52. The van der Waals surface area contributed by atoms with Crippen LogP contribution in [-0.4, -0.2) is 20.2 Å². The summed E-state index contributed by atoms with van der Waals surface area (Å²) in [6, 6.07) is 4.46. The number of hydrogen-bond donors (Lipinski definition) is 0. The Morgan fingerprint density at radius 2 is 2.07 bits per heavy atom. The largest absolute Gasteiger partial charge is 0.493 e. The van der Waals surface area contributed by atoms with E-state index in [1.165, 1.54) is 26.4 Å². The average Bonchev–Trinajstić information content (AvgIpc) is 2.26. The predicted molar refractivity (Wildman–Crippen MR) is 53.4 cm³/mol. The van der Waals surface area contributed by atoms with Gasteiger partial charge < -0.3 is 9.47 Å². The predicted octanol–water partition coefficient (Wildman–Crippen LogP) is 2.11. The highest BCUT2D eigenvalue weighted by Gasteiger charge is 2.21. The fourth-order valence-electron chi connectivity index (χ4n) is 1.39. The maximum absolute atomic E-state index is 13.3. The Hall–Kier alpha value is -1.58. The van der Waals surface area contributed by atoms with Crippen molar-refractivity contribution in [1.82, 2.24) is 0 Å². The molecular formula is C11H13FO3. The molecule has 0 fully saturated rings. The van der Waals surface area contributed by atoms with Crippen molar-refractivity contribution in [2.24, 2.45) is 0 Å². The van der Waals surface area contributed by atoms with E-state index in [0.717, 1.165) is 0 Å². The zero-order chi connectivity index (χ0) is 11.4. The van der Waals surface area contributed by atoms with Crippen LogP contribution in [0.4, 0.5) is 4.39 Å². The van der Waals surface area contributed by atoms with Gasteiger partial charge in [-0.3, -0.25) is 4.79 Å². The summed E-state index contributed by atoms with van der Waals surface area (Å²) in [6.45, 7) is 1.64. The van der Waals surface area contributed by atoms with Crippen LogP contribution in [0.15, 0.2) is 18.2 Å². The molecule has 0 heterocycles. The summed E-state index contributed by atoms with van der Waals surface area (Å²) in [5.74, 6) is -1.35. The Balaban J connectivity index is 3.13. The molecule has 0 saturated heterocycles. The molecule has 1 aromatic carbocycles. The SMILES string of the molecule is COC(=O)C(C)c1cccc(F)c1OC. The van der Waals surface area contributed by atoms with E-state index >= 15 is 0 Å². The number of ether oxygens (including phenoxy) is 2. The zero-order valence-electron chi connectivity index (χ0n) is 8.91. The topological polar surface area (TPSA) is 35.5 Å². The normalized spacial score (nSPS) is 12.0. The van der Waals surface area contributed by atoms with Crippen LogP contribution in [0.2, 0.25) is 0 Å². The van der Waals surface area contributed by atoms with E-state index in [1.54, 1.807) is 13.0 Å². The van der Waals surface area contributed by atoms with Crippen LogP contribution >= 0.6 is 0 Å². The van der Waals surface area contributed by atoms with Gasteiger partial charge in [-0.2, -0.15) is 0 Å². The van der Waals surface area contributed by atoms with Gasteiger partial charge in [0.05, 0.1) is 20.1 Å². The van der Waals surface area contributed by atoms with Gasteiger partial charge >= 0.3 is 5.97 Å². The van der Waals surface area contributed by atoms with Crippen molar-refractivity contribution in [3.8, 4) is 5.75 Å². The monoisotopic (exact) mass is 212 g/mol. The van der Waals surface area contributed by atoms with E-state index in [4.69, 9.17) is 4.74 Å². The Labute approximate surface area is 87.8 Å². The zero-order valence-corrected chi connectivity index (χ0v) is 8.91. The molecule has 1 rings (SSSR count). The molecule has 0 amide bonds. The molecule has 15 heavy (non-hydrogen) atoms. The highest BCUT2D eigenvalue weighted by atomic mass is 19.1. The van der Waals surface area contributed by atoms with E-state index < -0.39 is 17.7 Å². The number of halogens is 1. The van der Waals surface area contributed by atoms with Gasteiger partial charge in [-0.1, -0.05) is 12.1 Å². The third kappa shape index (κ3) is 2.26. The lowest BCUT2D eigenvalue weighted by molar-refractivity contribution is -0.142. The third-order valence-corrected chi connectivity index (χ3v) is 2.22. The van der Waals surface area contributed by atoms with Gasteiger partial charge in [0.15, 0.2) is 11.6 Å². The maximum Gasteiger partial charge on any atom is 0.312 e. The van der Waals surface area contributed by atoms with Crippen molar-refractivity contribution in [2.75, 3.05) is 14.2 Å². The van der Waals surface area contributed by atoms with Crippen molar-refractivity contribution < 1.29 is 18.7 Å². The molecule has 0 N–H and O–H groups in total. The van der Waals surface area contributed by atoms with Gasteiger partial charge in [0.25, 0.3) is 0 Å². The molecule has 1 atom stereocenters. The number of methoxy groups -OCH3 is 2. The van der Waals surface area contributed by atoms with Crippen LogP contribution in [0.5, 0.6) is 5.75 Å². The second-order valence-corrected chi connectivity index (χ2v) is 3.11. The van der Waals surface area contributed by atoms with E-state index in [1.807, 2.05) is 0 Å². The standard InChI is InChI=1S/C11H13FO3/c1-7(11(13)15-3)8-5-4-6-9(12)10(8)14-2/h4-7H,1-3H3. The summed E-state index contributed by atoms with van der Waals surface area (Å²) in [5.41, 5.74) is 0.490. The van der Waals surface area contributed by atoms with Crippen LogP contribution in [0.25, 0.3) is 0 Å². The van der Waals surface area contributed by atoms with E-state index in [9.17, 15) is 9.18 Å². The summed E-state index contributed by atoms with van der Waals surface area (Å²) < 4.78 is 22.8. The molecule has 0 aliphatic carbocycles. The van der Waals surface area contributed by atoms with Crippen LogP contribution in [0.3, 0.4) is 0 Å². The summed E-state index contributed by atoms with van der Waals surface area (Å²) in [4.78, 5) is 11.3. The molecule has 0 aliphatic rings. The van der Waals surface area contributed by atoms with Gasteiger partial charge in [0.2, 0.25) is 0 Å². The maximum atomic E-state index is 13.3. The summed E-state index contributed by atoms with van der Waals surface area (Å²) >= 11 is 0. The Morgan fingerprint density at radius 3 is 2.60 bits per heavy atom. The summed E-state index contributed by atoms with van der Waals surface area (Å²) in [5, 5.41) is 0. The molecule has 0 aliphatic heterocycles. The number of para-hydroxylation sites is 1. The number of benzene rings is 1. The number of esters is 1. The summed E-state index contributed by atoms with van der Waals surface area (Å²) in [7, 11) is 2.66. The van der Waals surface area contributed by atoms with Crippen molar-refractivity contribution >= 4 is 5.97 Å². The lowest BCUT2D eigenvalue weighted by Crippen LogP contribution is -2.12. The first kappa shape index (κ1) is 11.5. The minimum Gasteiger partial charge on any atom is -0.493 e. The molecule has 3 nitrogen and oxygen atoms in total. The first-order chi connectivity index (χ1) is 7.11. The highest BCUT2D eigenvalue weighted by Crippen LogP contribution is 2.29. The van der Waals surface area contributed by atoms with Crippen LogP contribution in [0.1, 0.15) is 18.4 Å². The third-order valence-electron chi connectivity index (χ3n) is 2.22. The Morgan fingerprint density at radius 1 is 1.40 bits per heavy atom. The second-order valence-electron chi connectivity index (χ2n) is 3.11. The van der Waals surface area contributed by atoms with Gasteiger partial charge in [-0.25, -0.2) is 4.39 Å². The highest BCUT2D eigenvalue weighted by molar-refractivity contribution is 5.78. The molecule has 0 spiro atoms. The van der Waals surface area contributed by atoms with E-state index in [-0.39, 0.29) is 5.75 Å². The molecule has 0 radical (unpaired) electrons. The summed E-state index contributed by atoms with van der Waals surface area (Å²) in [6.07, 6.45) is 0. The minimum atomic E-state index is -0.541. The van der Waals surface area contributed by atoms with Crippen LogP contribution in [-0.2, 0) is 9.53 Å². The molecule has 0 bridgehead atoms. The Bertz CT molecular complexity index is 363. The average molecular weight is 212 g/mol. The number of hydrogen-bond acceptors (Lipinski definition) is 3. The van der Waals surface area contributed by atoms with E-state index in [0.29, 0.717) is 5.56 Å². The number of rotatable bonds is 3.